The van der Waals surface area contributed by atoms with Crippen LogP contribution in [0.15, 0.2) is 43.0 Å². The van der Waals surface area contributed by atoms with Crippen molar-refractivity contribution in [2.24, 2.45) is 0 Å². The van der Waals surface area contributed by atoms with Gasteiger partial charge in [0.15, 0.2) is 0 Å². The zero-order chi connectivity index (χ0) is 15.3. The average molecular weight is 304 g/mol. The van der Waals surface area contributed by atoms with Gasteiger partial charge in [0.25, 0.3) is 0 Å². The highest BCUT2D eigenvalue weighted by Gasteiger charge is 2.12. The molecule has 2 rings (SSSR count). The third kappa shape index (κ3) is 5.21. The van der Waals surface area contributed by atoms with Crippen LogP contribution in [0.3, 0.4) is 0 Å². The van der Waals surface area contributed by atoms with Crippen LogP contribution in [0, 0.1) is 0 Å². The minimum atomic E-state index is -0.335. The van der Waals surface area contributed by atoms with Crippen molar-refractivity contribution in [3.05, 3.63) is 54.1 Å². The topological polar surface area (TPSA) is 38.0 Å². The normalized spacial score (nSPS) is 13.3. The van der Waals surface area contributed by atoms with Crippen molar-refractivity contribution in [2.45, 2.75) is 44.6 Å². The minimum Gasteiger partial charge on any atom is -0.390 e. The van der Waals surface area contributed by atoms with Crippen molar-refractivity contribution in [3.63, 3.8) is 0 Å². The zero-order valence-corrected chi connectivity index (χ0v) is 13.8. The maximum atomic E-state index is 9.98. The highest BCUT2D eigenvalue weighted by molar-refractivity contribution is 7.98. The van der Waals surface area contributed by atoms with E-state index in [1.807, 2.05) is 10.8 Å². The highest BCUT2D eigenvalue weighted by atomic mass is 32.2. The third-order valence-corrected chi connectivity index (χ3v) is 4.54. The van der Waals surface area contributed by atoms with Gasteiger partial charge in [-0.15, -0.1) is 0 Å². The number of aromatic nitrogens is 2. The van der Waals surface area contributed by atoms with E-state index in [2.05, 4.69) is 50.0 Å². The number of hydrogen-bond donors (Lipinski definition) is 1. The monoisotopic (exact) mass is 304 g/mol. The van der Waals surface area contributed by atoms with Gasteiger partial charge < -0.3 is 9.67 Å². The fourth-order valence-corrected chi connectivity index (χ4v) is 3.03. The minimum absolute atomic E-state index is 0.201. The summed E-state index contributed by atoms with van der Waals surface area (Å²) in [5.74, 6) is 1.67. The van der Waals surface area contributed by atoms with Gasteiger partial charge in [-0.2, -0.15) is 11.8 Å². The molecule has 1 aromatic heterocycles. The molecular formula is C17H24N2OS. The number of rotatable bonds is 6. The van der Waals surface area contributed by atoms with Gasteiger partial charge in [0.1, 0.15) is 0 Å². The first-order chi connectivity index (χ1) is 9.95. The molecule has 3 nitrogen and oxygen atoms in total. The Morgan fingerprint density at radius 2 is 1.95 bits per heavy atom. The molecule has 1 unspecified atom stereocenters. The fourth-order valence-electron chi connectivity index (χ4n) is 2.10. The molecule has 4 heteroatoms. The van der Waals surface area contributed by atoms with Crippen LogP contribution in [0.1, 0.15) is 31.9 Å². The first-order valence-electron chi connectivity index (χ1n) is 7.26. The lowest BCUT2D eigenvalue weighted by Crippen LogP contribution is -2.17. The number of benzene rings is 1. The molecule has 0 aliphatic rings. The molecule has 0 aliphatic carbocycles. The lowest BCUT2D eigenvalue weighted by Gasteiger charge is -2.19. The van der Waals surface area contributed by atoms with Crippen LogP contribution in [-0.4, -0.2) is 26.5 Å². The summed E-state index contributed by atoms with van der Waals surface area (Å²) in [6.45, 7) is 7.28. The second kappa shape index (κ2) is 7.14. The Kier molecular flexibility index (Phi) is 5.48. The number of imidazole rings is 1. The van der Waals surface area contributed by atoms with Crippen LogP contribution in [0.5, 0.6) is 0 Å². The average Bonchev–Trinajstić information content (AvgIpc) is 2.91. The van der Waals surface area contributed by atoms with Gasteiger partial charge in [0, 0.05) is 23.9 Å². The van der Waals surface area contributed by atoms with E-state index >= 15 is 0 Å². The van der Waals surface area contributed by atoms with Gasteiger partial charge in [-0.1, -0.05) is 45.0 Å². The SMILES string of the molecule is CC(C)(C)c1ccc(CSCC(O)Cn2ccnc2)cc1. The van der Waals surface area contributed by atoms with Crippen molar-refractivity contribution in [2.75, 3.05) is 5.75 Å². The maximum absolute atomic E-state index is 9.98. The molecule has 0 radical (unpaired) electrons. The van der Waals surface area contributed by atoms with Crippen molar-refractivity contribution in [1.29, 1.82) is 0 Å². The molecular weight excluding hydrogens is 280 g/mol. The number of nitrogens with zero attached hydrogens (tertiary/aromatic N) is 2. The Morgan fingerprint density at radius 1 is 1.24 bits per heavy atom. The summed E-state index contributed by atoms with van der Waals surface area (Å²) in [5, 5.41) is 9.98. The van der Waals surface area contributed by atoms with Crippen LogP contribution in [-0.2, 0) is 17.7 Å². The van der Waals surface area contributed by atoms with Gasteiger partial charge in [0.05, 0.1) is 19.0 Å². The Labute approximate surface area is 131 Å². The van der Waals surface area contributed by atoms with E-state index < -0.39 is 0 Å². The van der Waals surface area contributed by atoms with Gasteiger partial charge in [-0.05, 0) is 16.5 Å². The van der Waals surface area contributed by atoms with E-state index in [0.717, 1.165) is 11.5 Å². The zero-order valence-electron chi connectivity index (χ0n) is 13.0. The van der Waals surface area contributed by atoms with Gasteiger partial charge in [-0.3, -0.25) is 0 Å². The first kappa shape index (κ1) is 16.1. The van der Waals surface area contributed by atoms with Crippen LogP contribution in [0.4, 0.5) is 0 Å². The maximum Gasteiger partial charge on any atom is 0.0946 e. The van der Waals surface area contributed by atoms with Crippen LogP contribution < -0.4 is 0 Å². The second-order valence-corrected chi connectivity index (χ2v) is 7.41. The van der Waals surface area contributed by atoms with Crippen molar-refractivity contribution in [3.8, 4) is 0 Å². The Bertz CT molecular complexity index is 529. The molecule has 0 spiro atoms. The Morgan fingerprint density at radius 3 is 2.52 bits per heavy atom. The largest absolute Gasteiger partial charge is 0.390 e. The van der Waals surface area contributed by atoms with E-state index in [4.69, 9.17) is 0 Å². The number of hydrogen-bond acceptors (Lipinski definition) is 3. The van der Waals surface area contributed by atoms with Crippen LogP contribution >= 0.6 is 11.8 Å². The van der Waals surface area contributed by atoms with E-state index in [-0.39, 0.29) is 11.5 Å². The standard InChI is InChI=1S/C17H24N2OS/c1-17(2,3)15-6-4-14(5-7-15)11-21-12-16(20)10-19-9-8-18-13-19/h4-9,13,16,20H,10-12H2,1-3H3. The number of thioether (sulfide) groups is 1. The molecule has 21 heavy (non-hydrogen) atoms. The molecule has 1 N–H and O–H groups in total. The highest BCUT2D eigenvalue weighted by Crippen LogP contribution is 2.23. The number of aliphatic hydroxyl groups is 1. The van der Waals surface area contributed by atoms with Crippen LogP contribution in [0.25, 0.3) is 0 Å². The summed E-state index contributed by atoms with van der Waals surface area (Å²) >= 11 is 1.77. The first-order valence-corrected chi connectivity index (χ1v) is 8.41. The van der Waals surface area contributed by atoms with Crippen LogP contribution in [0.2, 0.25) is 0 Å². The summed E-state index contributed by atoms with van der Waals surface area (Å²) in [4.78, 5) is 3.98. The fraction of sp³-hybridized carbons (Fsp3) is 0.471. The molecule has 2 aromatic rings. The van der Waals surface area contributed by atoms with Crippen molar-refractivity contribution >= 4 is 11.8 Å². The molecule has 0 saturated heterocycles. The Balaban J connectivity index is 1.75. The van der Waals surface area contributed by atoms with E-state index in [1.54, 1.807) is 24.3 Å². The predicted octanol–water partition coefficient (Wildman–Crippen LogP) is 3.47. The Hall–Kier alpha value is -1.26. The van der Waals surface area contributed by atoms with E-state index in [1.165, 1.54) is 11.1 Å². The molecule has 0 bridgehead atoms. The molecule has 0 amide bonds. The third-order valence-electron chi connectivity index (χ3n) is 3.38. The number of aliphatic hydroxyl groups excluding tert-OH is 1. The van der Waals surface area contributed by atoms with E-state index in [9.17, 15) is 5.11 Å². The molecule has 1 atom stereocenters. The molecule has 114 valence electrons. The molecule has 0 aliphatic heterocycles. The lowest BCUT2D eigenvalue weighted by atomic mass is 9.87. The summed E-state index contributed by atoms with van der Waals surface area (Å²) < 4.78 is 1.91. The summed E-state index contributed by atoms with van der Waals surface area (Å²) in [5.41, 5.74) is 2.87. The molecule has 1 aromatic carbocycles. The predicted molar refractivity (Wildman–Crippen MR) is 89.5 cm³/mol. The molecule has 0 fully saturated rings. The van der Waals surface area contributed by atoms with Crippen molar-refractivity contribution < 1.29 is 5.11 Å². The quantitative estimate of drug-likeness (QED) is 0.888. The smallest absolute Gasteiger partial charge is 0.0946 e. The summed E-state index contributed by atoms with van der Waals surface area (Å²) in [6.07, 6.45) is 5.01. The van der Waals surface area contributed by atoms with Gasteiger partial charge >= 0.3 is 0 Å². The lowest BCUT2D eigenvalue weighted by molar-refractivity contribution is 0.178. The van der Waals surface area contributed by atoms with Gasteiger partial charge in [0.2, 0.25) is 0 Å². The summed E-state index contributed by atoms with van der Waals surface area (Å²) in [6, 6.07) is 8.79. The summed E-state index contributed by atoms with van der Waals surface area (Å²) in [7, 11) is 0. The molecule has 1 heterocycles. The van der Waals surface area contributed by atoms with Gasteiger partial charge in [-0.25, -0.2) is 4.98 Å². The second-order valence-electron chi connectivity index (χ2n) is 6.38. The van der Waals surface area contributed by atoms with Crippen molar-refractivity contribution in [1.82, 2.24) is 9.55 Å². The van der Waals surface area contributed by atoms with E-state index in [0.29, 0.717) is 6.54 Å². The molecule has 0 saturated carbocycles.